The number of sulfonamides is 2. The van der Waals surface area contributed by atoms with Gasteiger partial charge in [0, 0.05) is 25.2 Å². The minimum Gasteiger partial charge on any atom is -0.497 e. The van der Waals surface area contributed by atoms with Crippen LogP contribution in [0.15, 0.2) is 113 Å². The number of aliphatic hydroxyl groups excluding tert-OH is 1. The number of aromatic nitrogens is 5. The molecule has 0 aliphatic heterocycles. The van der Waals surface area contributed by atoms with E-state index >= 15 is 8.42 Å². The third kappa shape index (κ3) is 10.2. The zero-order chi connectivity index (χ0) is 45.6. The Kier molecular flexibility index (Phi) is 13.7. The van der Waals surface area contributed by atoms with Gasteiger partial charge in [0.05, 0.1) is 43.7 Å². The first-order valence-corrected chi connectivity index (χ1v) is 23.0. The van der Waals surface area contributed by atoms with Crippen molar-refractivity contribution in [3.8, 4) is 39.8 Å². The number of tetrazole rings is 1. The van der Waals surface area contributed by atoms with Crippen molar-refractivity contribution in [1.82, 2.24) is 34.2 Å². The Bertz CT molecular complexity index is 2930. The summed E-state index contributed by atoms with van der Waals surface area (Å²) in [7, 11) is -5.30. The summed E-state index contributed by atoms with van der Waals surface area (Å²) in [4.78, 5) is 15.6. The minimum atomic E-state index is -4.99. The summed E-state index contributed by atoms with van der Waals surface area (Å²) in [5.41, 5.74) is 13.9. The molecule has 1 atom stereocenters. The van der Waals surface area contributed by atoms with Crippen LogP contribution in [0, 0.1) is 0 Å². The molecule has 22 heteroatoms. The Hall–Kier alpha value is -6.69. The van der Waals surface area contributed by atoms with Crippen molar-refractivity contribution in [2.75, 3.05) is 40.2 Å². The first-order chi connectivity index (χ1) is 30.7. The number of carbonyl (C=O) groups is 1. The third-order valence-corrected chi connectivity index (χ3v) is 14.2. The lowest BCUT2D eigenvalue weighted by molar-refractivity contribution is 0.0758. The van der Waals surface area contributed by atoms with Gasteiger partial charge in [-0.05, 0) is 76.0 Å². The van der Waals surface area contributed by atoms with E-state index < -0.39 is 55.2 Å². The summed E-state index contributed by atoms with van der Waals surface area (Å²) >= 11 is 1.21. The topological polar surface area (TPSA) is 266 Å². The molecule has 1 amide bonds. The molecule has 0 radical (unpaired) electrons. The number of rotatable bonds is 19. The number of nitrogens with zero attached hydrogens (tertiary/aromatic N) is 6. The molecule has 7 rings (SSSR count). The van der Waals surface area contributed by atoms with Gasteiger partial charge >= 0.3 is 6.09 Å². The SMILES string of the molecule is COc1ccc(CN(Cc2ccc(OC)cc2)S(=O)(=O)c2c(S(=O)(=O)NCC(O)COC(N)=O)ccc(-c3cccc4sc(N)nc34)c2-c2nnn(Cc3ccc(OC)cc3)n2)cc1. The fourth-order valence-electron chi connectivity index (χ4n) is 6.71. The molecule has 7 aromatic rings. The summed E-state index contributed by atoms with van der Waals surface area (Å²) in [5, 5.41) is 24.1. The molecule has 1 unspecified atom stereocenters. The lowest BCUT2D eigenvalue weighted by Gasteiger charge is -2.26. The lowest BCUT2D eigenvalue weighted by atomic mass is 9.98. The van der Waals surface area contributed by atoms with Gasteiger partial charge in [0.2, 0.25) is 25.9 Å². The van der Waals surface area contributed by atoms with Crippen molar-refractivity contribution in [1.29, 1.82) is 0 Å². The summed E-state index contributed by atoms with van der Waals surface area (Å²) < 4.78 is 85.7. The van der Waals surface area contributed by atoms with Gasteiger partial charge in [-0.15, -0.1) is 10.2 Å². The number of methoxy groups -OCH3 is 3. The number of nitrogens with one attached hydrogen (secondary N) is 1. The highest BCUT2D eigenvalue weighted by Gasteiger charge is 2.38. The Morgan fingerprint density at radius 1 is 0.812 bits per heavy atom. The van der Waals surface area contributed by atoms with Gasteiger partial charge in [0.1, 0.15) is 39.8 Å². The minimum absolute atomic E-state index is 0.0957. The molecule has 0 saturated heterocycles. The number of thiazole rings is 1. The van der Waals surface area contributed by atoms with Crippen LogP contribution >= 0.6 is 11.3 Å². The van der Waals surface area contributed by atoms with Crippen molar-refractivity contribution < 1.29 is 45.7 Å². The van der Waals surface area contributed by atoms with E-state index in [9.17, 15) is 18.3 Å². The van der Waals surface area contributed by atoms with Crippen LogP contribution in [-0.2, 0) is 44.4 Å². The van der Waals surface area contributed by atoms with Gasteiger partial charge in [-0.1, -0.05) is 65.9 Å². The van der Waals surface area contributed by atoms with Gasteiger partial charge in [-0.2, -0.15) is 9.10 Å². The van der Waals surface area contributed by atoms with E-state index in [2.05, 4.69) is 29.9 Å². The second-order valence-corrected chi connectivity index (χ2v) is 18.8. The predicted octanol–water partition coefficient (Wildman–Crippen LogP) is 4.40. The summed E-state index contributed by atoms with van der Waals surface area (Å²) in [6.07, 6.45) is -2.75. The standard InChI is InChI=1S/C42H43N9O10S3/c1-58-30-13-7-26(8-14-30)22-50(23-27-9-15-31(59-2)16-10-27)64(56,57)39-36(63(54,55)45-21-29(52)25-61-42(44)53)20-19-33(34-5-4-6-35-38(34)46-41(43)62-35)37(39)40-47-49-51(48-40)24-28-11-17-32(60-3)18-12-28/h4-20,29,45,52H,21-25H2,1-3H3,(H2,43,46)(H2,44,53). The maximum Gasteiger partial charge on any atom is 0.404 e. The Balaban J connectivity index is 1.49. The molecule has 0 saturated carbocycles. The van der Waals surface area contributed by atoms with E-state index in [0.29, 0.717) is 44.2 Å². The molecular weight excluding hydrogens is 887 g/mol. The molecule has 0 spiro atoms. The summed E-state index contributed by atoms with van der Waals surface area (Å²) in [5.74, 6) is 1.46. The number of ether oxygens (including phenoxy) is 4. The highest BCUT2D eigenvalue weighted by Crippen LogP contribution is 2.44. The molecule has 2 heterocycles. The summed E-state index contributed by atoms with van der Waals surface area (Å²) in [6, 6.07) is 28.4. The number of nitrogen functional groups attached to an aromatic ring is 1. The summed E-state index contributed by atoms with van der Waals surface area (Å²) in [6.45, 7) is -1.73. The first-order valence-electron chi connectivity index (χ1n) is 19.3. The Morgan fingerprint density at radius 2 is 1.39 bits per heavy atom. The van der Waals surface area contributed by atoms with E-state index in [1.807, 2.05) is 0 Å². The molecule has 0 bridgehead atoms. The fraction of sp³-hybridized carbons (Fsp3) is 0.214. The Morgan fingerprint density at radius 3 is 1.95 bits per heavy atom. The van der Waals surface area contributed by atoms with Crippen LogP contribution in [0.1, 0.15) is 16.7 Å². The molecule has 6 N–H and O–H groups in total. The van der Waals surface area contributed by atoms with Gasteiger partial charge in [0.15, 0.2) is 5.13 Å². The molecule has 0 aliphatic rings. The van der Waals surface area contributed by atoms with Crippen molar-refractivity contribution >= 4 is 52.8 Å². The zero-order valence-corrected chi connectivity index (χ0v) is 37.1. The number of para-hydroxylation sites is 1. The molecule has 334 valence electrons. The van der Waals surface area contributed by atoms with E-state index in [0.717, 1.165) is 15.9 Å². The number of hydrogen-bond acceptors (Lipinski definition) is 16. The largest absolute Gasteiger partial charge is 0.497 e. The zero-order valence-electron chi connectivity index (χ0n) is 34.6. The van der Waals surface area contributed by atoms with E-state index in [1.165, 1.54) is 36.4 Å². The van der Waals surface area contributed by atoms with Crippen LogP contribution in [0.2, 0.25) is 0 Å². The van der Waals surface area contributed by atoms with Crippen LogP contribution in [0.5, 0.6) is 17.2 Å². The monoisotopic (exact) mass is 929 g/mol. The number of amides is 1. The predicted molar refractivity (Wildman–Crippen MR) is 238 cm³/mol. The smallest absolute Gasteiger partial charge is 0.404 e. The number of primary amides is 1. The number of aliphatic hydroxyl groups is 1. The van der Waals surface area contributed by atoms with Crippen LogP contribution in [-0.4, -0.2) is 98.1 Å². The van der Waals surface area contributed by atoms with Gasteiger partial charge in [-0.3, -0.25) is 0 Å². The molecular formula is C42H43N9O10S3. The van der Waals surface area contributed by atoms with Crippen molar-refractivity contribution in [3.05, 3.63) is 120 Å². The quantitative estimate of drug-likeness (QED) is 0.0876. The first kappa shape index (κ1) is 45.3. The molecule has 64 heavy (non-hydrogen) atoms. The third-order valence-electron chi connectivity index (χ3n) is 9.86. The van der Waals surface area contributed by atoms with Crippen LogP contribution < -0.4 is 30.4 Å². The average molecular weight is 930 g/mol. The van der Waals surface area contributed by atoms with Crippen LogP contribution in [0.3, 0.4) is 0 Å². The molecule has 0 fully saturated rings. The highest BCUT2D eigenvalue weighted by atomic mass is 32.2. The van der Waals surface area contributed by atoms with Gasteiger partial charge in [0.25, 0.3) is 0 Å². The highest BCUT2D eigenvalue weighted by molar-refractivity contribution is 7.92. The number of fused-ring (bicyclic) bond motifs is 1. The van der Waals surface area contributed by atoms with Crippen molar-refractivity contribution in [2.45, 2.75) is 35.5 Å². The molecule has 0 aliphatic carbocycles. The molecule has 2 aromatic heterocycles. The van der Waals surface area contributed by atoms with Crippen LogP contribution in [0.4, 0.5) is 9.93 Å². The number of anilines is 1. The second-order valence-electron chi connectivity index (χ2n) is 14.1. The molecule has 19 nitrogen and oxygen atoms in total. The maximum atomic E-state index is 15.9. The van der Waals surface area contributed by atoms with E-state index in [-0.39, 0.29) is 41.7 Å². The van der Waals surface area contributed by atoms with E-state index in [4.69, 9.17) is 25.7 Å². The normalized spacial score (nSPS) is 12.3. The van der Waals surface area contributed by atoms with E-state index in [1.54, 1.807) is 98.1 Å². The van der Waals surface area contributed by atoms with Crippen molar-refractivity contribution in [3.63, 3.8) is 0 Å². The number of benzene rings is 5. The lowest BCUT2D eigenvalue weighted by Crippen LogP contribution is -2.37. The molecule has 5 aromatic carbocycles. The Labute approximate surface area is 372 Å². The number of hydrogen-bond donors (Lipinski definition) is 4. The second kappa shape index (κ2) is 19.4. The van der Waals surface area contributed by atoms with Crippen molar-refractivity contribution in [2.24, 2.45) is 5.73 Å². The van der Waals surface area contributed by atoms with Gasteiger partial charge < -0.3 is 35.5 Å². The average Bonchev–Trinajstić information content (AvgIpc) is 3.93. The number of nitrogens with two attached hydrogens (primary N) is 2. The van der Waals surface area contributed by atoms with Gasteiger partial charge in [-0.25, -0.2) is 31.3 Å². The maximum absolute atomic E-state index is 15.9. The number of carbonyl (C=O) groups excluding carboxylic acids is 1. The van der Waals surface area contributed by atoms with Crippen LogP contribution in [0.25, 0.3) is 32.7 Å². The fourth-order valence-corrected chi connectivity index (χ4v) is 11.0.